The molecule has 1 atom stereocenters. The number of piperazine rings is 1. The summed E-state index contributed by atoms with van der Waals surface area (Å²) in [6, 6.07) is 4.13. The maximum atomic E-state index is 14.1. The average molecular weight is 352 g/mol. The summed E-state index contributed by atoms with van der Waals surface area (Å²) in [5.74, 6) is -1.57. The Kier molecular flexibility index (Phi) is 4.91. The van der Waals surface area contributed by atoms with Crippen LogP contribution in [0.5, 0.6) is 5.75 Å². The highest BCUT2D eigenvalue weighted by Gasteiger charge is 2.48. The Morgan fingerprint density at radius 3 is 2.52 bits per heavy atom. The standard InChI is InChI=1S/C17H21FN2O5/c1-24-12-2-3-13(14(18)10-12)15(21)19-5-7-20(8-6-19)17(16(22)23)4-9-25-11-17/h2-3,10H,4-9,11H2,1H3,(H,22,23). The molecule has 8 heteroatoms. The molecule has 1 unspecified atom stereocenters. The minimum Gasteiger partial charge on any atom is -0.497 e. The Balaban J connectivity index is 1.68. The first-order valence-electron chi connectivity index (χ1n) is 8.17. The lowest BCUT2D eigenvalue weighted by Crippen LogP contribution is -2.61. The first kappa shape index (κ1) is 17.6. The number of carboxylic acids is 1. The van der Waals surface area contributed by atoms with Gasteiger partial charge in [0.25, 0.3) is 5.91 Å². The molecule has 25 heavy (non-hydrogen) atoms. The van der Waals surface area contributed by atoms with E-state index in [1.165, 1.54) is 19.2 Å². The first-order valence-corrected chi connectivity index (χ1v) is 8.17. The molecule has 1 aromatic carbocycles. The predicted molar refractivity (Wildman–Crippen MR) is 86.2 cm³/mol. The summed E-state index contributed by atoms with van der Waals surface area (Å²) >= 11 is 0. The van der Waals surface area contributed by atoms with Gasteiger partial charge >= 0.3 is 5.97 Å². The lowest BCUT2D eigenvalue weighted by molar-refractivity contribution is -0.152. The SMILES string of the molecule is COc1ccc(C(=O)N2CCN(C3(C(=O)O)CCOC3)CC2)c(F)c1. The Morgan fingerprint density at radius 2 is 2.00 bits per heavy atom. The molecule has 2 heterocycles. The molecular formula is C17H21FN2O5. The monoisotopic (exact) mass is 352 g/mol. The number of hydrogen-bond acceptors (Lipinski definition) is 5. The Labute approximate surface area is 144 Å². The van der Waals surface area contributed by atoms with Crippen molar-refractivity contribution in [1.82, 2.24) is 9.80 Å². The van der Waals surface area contributed by atoms with Gasteiger partial charge in [0, 0.05) is 45.3 Å². The van der Waals surface area contributed by atoms with E-state index in [1.54, 1.807) is 11.0 Å². The van der Waals surface area contributed by atoms with Crippen LogP contribution in [-0.2, 0) is 9.53 Å². The average Bonchev–Trinajstić information content (AvgIpc) is 3.12. The number of aliphatic carboxylic acids is 1. The number of nitrogens with zero attached hydrogens (tertiary/aromatic N) is 2. The summed E-state index contributed by atoms with van der Waals surface area (Å²) in [6.07, 6.45) is 0.434. The van der Waals surface area contributed by atoms with E-state index < -0.39 is 23.2 Å². The van der Waals surface area contributed by atoms with Crippen LogP contribution in [-0.4, -0.2) is 78.8 Å². The maximum absolute atomic E-state index is 14.1. The molecule has 0 bridgehead atoms. The largest absolute Gasteiger partial charge is 0.497 e. The molecule has 136 valence electrons. The second-order valence-electron chi connectivity index (χ2n) is 6.26. The number of halogens is 1. The van der Waals surface area contributed by atoms with Crippen molar-refractivity contribution in [2.75, 3.05) is 46.5 Å². The topological polar surface area (TPSA) is 79.3 Å². The van der Waals surface area contributed by atoms with E-state index in [0.29, 0.717) is 45.0 Å². The zero-order chi connectivity index (χ0) is 18.0. The van der Waals surface area contributed by atoms with Gasteiger partial charge in [-0.3, -0.25) is 14.5 Å². The third-order valence-corrected chi connectivity index (χ3v) is 4.98. The fourth-order valence-corrected chi connectivity index (χ4v) is 3.41. The van der Waals surface area contributed by atoms with Crippen LogP contribution < -0.4 is 4.74 Å². The van der Waals surface area contributed by atoms with Crippen molar-refractivity contribution < 1.29 is 28.6 Å². The van der Waals surface area contributed by atoms with E-state index in [-0.39, 0.29) is 12.2 Å². The van der Waals surface area contributed by atoms with Gasteiger partial charge in [-0.15, -0.1) is 0 Å². The molecule has 2 aliphatic heterocycles. The number of benzene rings is 1. The zero-order valence-corrected chi connectivity index (χ0v) is 14.0. The number of ether oxygens (including phenoxy) is 2. The first-order chi connectivity index (χ1) is 12.0. The van der Waals surface area contributed by atoms with E-state index >= 15 is 0 Å². The summed E-state index contributed by atoms with van der Waals surface area (Å²) in [5.41, 5.74) is -1.02. The van der Waals surface area contributed by atoms with Gasteiger partial charge < -0.3 is 19.5 Å². The Hall–Kier alpha value is -2.19. The fraction of sp³-hybridized carbons (Fsp3) is 0.529. The highest BCUT2D eigenvalue weighted by molar-refractivity contribution is 5.94. The molecule has 0 radical (unpaired) electrons. The number of carbonyl (C=O) groups is 2. The van der Waals surface area contributed by atoms with Crippen molar-refractivity contribution in [3.63, 3.8) is 0 Å². The van der Waals surface area contributed by atoms with E-state index in [1.807, 2.05) is 4.90 Å². The summed E-state index contributed by atoms with van der Waals surface area (Å²) in [4.78, 5) is 27.7. The van der Waals surface area contributed by atoms with Crippen molar-refractivity contribution in [3.05, 3.63) is 29.6 Å². The van der Waals surface area contributed by atoms with Crippen LogP contribution in [0.1, 0.15) is 16.8 Å². The summed E-state index contributed by atoms with van der Waals surface area (Å²) in [7, 11) is 1.43. The summed E-state index contributed by atoms with van der Waals surface area (Å²) in [5, 5.41) is 9.59. The molecule has 7 nitrogen and oxygen atoms in total. The molecule has 1 N–H and O–H groups in total. The van der Waals surface area contributed by atoms with Crippen molar-refractivity contribution >= 4 is 11.9 Å². The van der Waals surface area contributed by atoms with Crippen LogP contribution in [0.2, 0.25) is 0 Å². The lowest BCUT2D eigenvalue weighted by atomic mass is 9.95. The van der Waals surface area contributed by atoms with Crippen molar-refractivity contribution in [2.24, 2.45) is 0 Å². The normalized spacial score (nSPS) is 24.3. The van der Waals surface area contributed by atoms with Gasteiger partial charge in [0.2, 0.25) is 0 Å². The number of methoxy groups -OCH3 is 1. The third kappa shape index (κ3) is 3.19. The van der Waals surface area contributed by atoms with Gasteiger partial charge in [-0.25, -0.2) is 4.39 Å². The number of rotatable bonds is 4. The number of carbonyl (C=O) groups excluding carboxylic acids is 1. The quantitative estimate of drug-likeness (QED) is 0.865. The van der Waals surface area contributed by atoms with Crippen molar-refractivity contribution in [1.29, 1.82) is 0 Å². The predicted octanol–water partition coefficient (Wildman–Crippen LogP) is 0.836. The van der Waals surface area contributed by atoms with E-state index in [2.05, 4.69) is 0 Å². The molecule has 2 saturated heterocycles. The highest BCUT2D eigenvalue weighted by Crippen LogP contribution is 2.28. The molecule has 2 fully saturated rings. The molecule has 1 amide bonds. The fourth-order valence-electron chi connectivity index (χ4n) is 3.41. The zero-order valence-electron chi connectivity index (χ0n) is 14.0. The minimum absolute atomic E-state index is 0.00797. The molecule has 0 spiro atoms. The number of hydrogen-bond donors (Lipinski definition) is 1. The molecule has 2 aliphatic rings. The van der Waals surface area contributed by atoms with Gasteiger partial charge in [-0.1, -0.05) is 0 Å². The van der Waals surface area contributed by atoms with Gasteiger partial charge in [0.1, 0.15) is 17.1 Å². The second kappa shape index (κ2) is 6.97. The highest BCUT2D eigenvalue weighted by atomic mass is 19.1. The summed E-state index contributed by atoms with van der Waals surface area (Å²) < 4.78 is 24.3. The molecule has 1 aromatic rings. The van der Waals surface area contributed by atoms with E-state index in [4.69, 9.17) is 9.47 Å². The second-order valence-corrected chi connectivity index (χ2v) is 6.26. The summed E-state index contributed by atoms with van der Waals surface area (Å²) in [6.45, 7) is 2.10. The molecule has 0 aliphatic carbocycles. The Bertz CT molecular complexity index is 667. The molecule has 3 rings (SSSR count). The van der Waals surface area contributed by atoms with Gasteiger partial charge in [-0.05, 0) is 12.1 Å². The third-order valence-electron chi connectivity index (χ3n) is 4.98. The molecule has 0 aromatic heterocycles. The van der Waals surface area contributed by atoms with Crippen LogP contribution in [0.4, 0.5) is 4.39 Å². The van der Waals surface area contributed by atoms with Crippen LogP contribution in [0.25, 0.3) is 0 Å². The number of amides is 1. The van der Waals surface area contributed by atoms with Gasteiger partial charge in [0.05, 0.1) is 19.3 Å². The maximum Gasteiger partial charge on any atom is 0.326 e. The van der Waals surface area contributed by atoms with Gasteiger partial charge in [-0.2, -0.15) is 0 Å². The van der Waals surface area contributed by atoms with Crippen LogP contribution in [0.15, 0.2) is 18.2 Å². The van der Waals surface area contributed by atoms with Gasteiger partial charge in [0.15, 0.2) is 0 Å². The van der Waals surface area contributed by atoms with Crippen LogP contribution in [0, 0.1) is 5.82 Å². The minimum atomic E-state index is -1.01. The lowest BCUT2D eigenvalue weighted by Gasteiger charge is -2.42. The van der Waals surface area contributed by atoms with E-state index in [0.717, 1.165) is 0 Å². The molecule has 0 saturated carbocycles. The van der Waals surface area contributed by atoms with Crippen molar-refractivity contribution in [3.8, 4) is 5.75 Å². The van der Waals surface area contributed by atoms with Crippen molar-refractivity contribution in [2.45, 2.75) is 12.0 Å². The Morgan fingerprint density at radius 1 is 1.28 bits per heavy atom. The van der Waals surface area contributed by atoms with Crippen LogP contribution >= 0.6 is 0 Å². The van der Waals surface area contributed by atoms with E-state index in [9.17, 15) is 19.1 Å². The number of carboxylic acid groups (broad SMARTS) is 1. The smallest absolute Gasteiger partial charge is 0.326 e. The molecular weight excluding hydrogens is 331 g/mol. The van der Waals surface area contributed by atoms with Crippen LogP contribution in [0.3, 0.4) is 0 Å².